The Hall–Kier alpha value is -3.85. The zero-order valence-electron chi connectivity index (χ0n) is 21.8. The number of ether oxygens (including phenoxy) is 1. The van der Waals surface area contributed by atoms with Crippen molar-refractivity contribution in [3.05, 3.63) is 89.5 Å². The van der Waals surface area contributed by atoms with Crippen molar-refractivity contribution in [3.63, 3.8) is 0 Å². The number of methoxy groups -OCH3 is 1. The summed E-state index contributed by atoms with van der Waals surface area (Å²) in [5.41, 5.74) is 2.83. The molecule has 0 saturated carbocycles. The molecule has 3 aromatic rings. The molecule has 8 nitrogen and oxygen atoms in total. The topological polar surface area (TPSA) is 96.0 Å². The van der Waals surface area contributed by atoms with Gasteiger partial charge in [0, 0.05) is 13.6 Å². The third-order valence-electron chi connectivity index (χ3n) is 6.38. The van der Waals surface area contributed by atoms with Gasteiger partial charge in [-0.3, -0.25) is 13.9 Å². The second-order valence-electron chi connectivity index (χ2n) is 8.70. The molecule has 0 saturated heterocycles. The van der Waals surface area contributed by atoms with E-state index in [4.69, 9.17) is 4.74 Å². The summed E-state index contributed by atoms with van der Waals surface area (Å²) in [4.78, 5) is 27.8. The number of aryl methyl sites for hydroxylation is 1. The smallest absolute Gasteiger partial charge is 0.264 e. The molecule has 196 valence electrons. The maximum atomic E-state index is 13.8. The highest BCUT2D eigenvalue weighted by molar-refractivity contribution is 7.92. The van der Waals surface area contributed by atoms with Crippen molar-refractivity contribution in [2.75, 3.05) is 25.0 Å². The third-order valence-corrected chi connectivity index (χ3v) is 8.15. The first-order valence-electron chi connectivity index (χ1n) is 11.9. The van der Waals surface area contributed by atoms with Crippen LogP contribution in [0.25, 0.3) is 0 Å². The van der Waals surface area contributed by atoms with Crippen molar-refractivity contribution >= 4 is 27.5 Å². The van der Waals surface area contributed by atoms with Crippen LogP contribution in [-0.2, 0) is 26.2 Å². The molecule has 37 heavy (non-hydrogen) atoms. The summed E-state index contributed by atoms with van der Waals surface area (Å²) in [5, 5.41) is 2.58. The Morgan fingerprint density at radius 1 is 0.946 bits per heavy atom. The van der Waals surface area contributed by atoms with Crippen LogP contribution in [0.1, 0.15) is 23.6 Å². The number of carbonyl (C=O) groups is 2. The highest BCUT2D eigenvalue weighted by atomic mass is 32.2. The molecule has 1 atom stereocenters. The molecule has 0 spiro atoms. The number of likely N-dealkylation sites (N-methyl/N-ethyl adjacent to an activating group) is 1. The number of rotatable bonds is 10. The fourth-order valence-electron chi connectivity index (χ4n) is 3.96. The molecule has 0 unspecified atom stereocenters. The van der Waals surface area contributed by atoms with Gasteiger partial charge < -0.3 is 15.0 Å². The minimum atomic E-state index is -4.09. The lowest BCUT2D eigenvalue weighted by molar-refractivity contribution is -0.139. The zero-order valence-corrected chi connectivity index (χ0v) is 22.6. The van der Waals surface area contributed by atoms with Gasteiger partial charge in [-0.15, -0.1) is 0 Å². The molecule has 0 heterocycles. The molecule has 0 aromatic heterocycles. The summed E-state index contributed by atoms with van der Waals surface area (Å²) in [6.45, 7) is 4.97. The van der Waals surface area contributed by atoms with Gasteiger partial charge >= 0.3 is 0 Å². The number of hydrogen-bond acceptors (Lipinski definition) is 5. The van der Waals surface area contributed by atoms with Crippen LogP contribution in [0.3, 0.4) is 0 Å². The summed E-state index contributed by atoms with van der Waals surface area (Å²) in [5.74, 6) is -0.200. The van der Waals surface area contributed by atoms with Crippen molar-refractivity contribution in [2.24, 2.45) is 0 Å². The van der Waals surface area contributed by atoms with E-state index < -0.39 is 28.5 Å². The molecule has 0 fully saturated rings. The van der Waals surface area contributed by atoms with Gasteiger partial charge in [-0.25, -0.2) is 8.42 Å². The second kappa shape index (κ2) is 11.9. The van der Waals surface area contributed by atoms with Crippen LogP contribution in [-0.4, -0.2) is 51.9 Å². The standard InChI is InChI=1S/C28H33N3O5S/c1-20-10-9-13-26(21(20)2)31(37(34,35)25-11-7-6-8-12-25)19-27(32)30(22(3)28(33)29-4)18-23-14-16-24(36-5)17-15-23/h6-17,22H,18-19H2,1-5H3,(H,29,33)/t22-/m1/s1. The Bertz CT molecular complexity index is 1340. The quantitative estimate of drug-likeness (QED) is 0.438. The minimum Gasteiger partial charge on any atom is -0.497 e. The van der Waals surface area contributed by atoms with Crippen molar-refractivity contribution in [1.29, 1.82) is 0 Å². The highest BCUT2D eigenvalue weighted by Gasteiger charge is 2.33. The van der Waals surface area contributed by atoms with Crippen molar-refractivity contribution in [2.45, 2.75) is 38.3 Å². The molecule has 0 radical (unpaired) electrons. The van der Waals surface area contributed by atoms with Crippen LogP contribution in [0.2, 0.25) is 0 Å². The Balaban J connectivity index is 2.05. The Labute approximate surface area is 218 Å². The van der Waals surface area contributed by atoms with E-state index in [1.165, 1.54) is 24.1 Å². The monoisotopic (exact) mass is 523 g/mol. The van der Waals surface area contributed by atoms with Crippen molar-refractivity contribution in [1.82, 2.24) is 10.2 Å². The SMILES string of the molecule is CNC(=O)[C@@H](C)N(Cc1ccc(OC)cc1)C(=O)CN(c1cccc(C)c1C)S(=O)(=O)c1ccccc1. The van der Waals surface area contributed by atoms with Gasteiger partial charge in [0.2, 0.25) is 11.8 Å². The Kier molecular flexibility index (Phi) is 8.94. The van der Waals surface area contributed by atoms with E-state index in [-0.39, 0.29) is 17.3 Å². The predicted molar refractivity (Wildman–Crippen MR) is 144 cm³/mol. The summed E-state index contributed by atoms with van der Waals surface area (Å²) in [7, 11) is -1.03. The molecular formula is C28H33N3O5S. The molecule has 0 aliphatic rings. The first-order valence-corrected chi connectivity index (χ1v) is 13.3. The lowest BCUT2D eigenvalue weighted by Gasteiger charge is -2.32. The van der Waals surface area contributed by atoms with E-state index in [0.29, 0.717) is 11.4 Å². The first-order chi connectivity index (χ1) is 17.6. The van der Waals surface area contributed by atoms with Crippen LogP contribution in [0.15, 0.2) is 77.7 Å². The zero-order chi connectivity index (χ0) is 27.2. The van der Waals surface area contributed by atoms with Gasteiger partial charge in [0.05, 0.1) is 17.7 Å². The van der Waals surface area contributed by atoms with E-state index in [9.17, 15) is 18.0 Å². The van der Waals surface area contributed by atoms with Crippen molar-refractivity contribution in [3.8, 4) is 5.75 Å². The maximum absolute atomic E-state index is 13.8. The number of sulfonamides is 1. The average Bonchev–Trinajstić information content (AvgIpc) is 2.91. The van der Waals surface area contributed by atoms with Gasteiger partial charge in [0.25, 0.3) is 10.0 Å². The lowest BCUT2D eigenvalue weighted by atomic mass is 10.1. The van der Waals surface area contributed by atoms with Crippen LogP contribution in [0.4, 0.5) is 5.69 Å². The van der Waals surface area contributed by atoms with Gasteiger partial charge in [-0.1, -0.05) is 42.5 Å². The van der Waals surface area contributed by atoms with E-state index in [1.54, 1.807) is 68.6 Å². The largest absolute Gasteiger partial charge is 0.497 e. The molecular weight excluding hydrogens is 490 g/mol. The normalized spacial score (nSPS) is 11.9. The van der Waals surface area contributed by atoms with E-state index in [1.807, 2.05) is 19.9 Å². The highest BCUT2D eigenvalue weighted by Crippen LogP contribution is 2.29. The molecule has 0 aliphatic carbocycles. The number of hydrogen-bond donors (Lipinski definition) is 1. The van der Waals surface area contributed by atoms with Gasteiger partial charge in [-0.2, -0.15) is 0 Å². The molecule has 3 aromatic carbocycles. The number of amides is 2. The van der Waals surface area contributed by atoms with E-state index >= 15 is 0 Å². The molecule has 0 bridgehead atoms. The van der Waals surface area contributed by atoms with Crippen LogP contribution < -0.4 is 14.4 Å². The third kappa shape index (κ3) is 6.29. The number of benzene rings is 3. The predicted octanol–water partition coefficient (Wildman–Crippen LogP) is 3.67. The first kappa shape index (κ1) is 27.7. The fraction of sp³-hybridized carbons (Fsp3) is 0.286. The number of nitrogens with one attached hydrogen (secondary N) is 1. The summed E-state index contributed by atoms with van der Waals surface area (Å²) in [6.07, 6.45) is 0. The average molecular weight is 524 g/mol. The molecule has 2 amide bonds. The summed E-state index contributed by atoms with van der Waals surface area (Å²) in [6, 6.07) is 19.7. The van der Waals surface area contributed by atoms with Gasteiger partial charge in [-0.05, 0) is 67.8 Å². The number of anilines is 1. The molecule has 3 rings (SSSR count). The Morgan fingerprint density at radius 2 is 1.59 bits per heavy atom. The van der Waals surface area contributed by atoms with Crippen LogP contribution in [0, 0.1) is 13.8 Å². The van der Waals surface area contributed by atoms with Crippen LogP contribution in [0.5, 0.6) is 5.75 Å². The van der Waals surface area contributed by atoms with E-state index in [2.05, 4.69) is 5.32 Å². The van der Waals surface area contributed by atoms with Gasteiger partial charge in [0.15, 0.2) is 0 Å². The molecule has 9 heteroatoms. The van der Waals surface area contributed by atoms with E-state index in [0.717, 1.165) is 21.0 Å². The molecule has 0 aliphatic heterocycles. The van der Waals surface area contributed by atoms with Crippen LogP contribution >= 0.6 is 0 Å². The Morgan fingerprint density at radius 3 is 2.19 bits per heavy atom. The summed E-state index contributed by atoms with van der Waals surface area (Å²) < 4.78 is 33.9. The number of nitrogens with zero attached hydrogens (tertiary/aromatic N) is 2. The van der Waals surface area contributed by atoms with Crippen molar-refractivity contribution < 1.29 is 22.7 Å². The van der Waals surface area contributed by atoms with Gasteiger partial charge in [0.1, 0.15) is 18.3 Å². The summed E-state index contributed by atoms with van der Waals surface area (Å²) >= 11 is 0. The second-order valence-corrected chi connectivity index (χ2v) is 10.6. The fourth-order valence-corrected chi connectivity index (χ4v) is 5.45. The maximum Gasteiger partial charge on any atom is 0.264 e. The number of carbonyl (C=O) groups excluding carboxylic acids is 2. The molecule has 1 N–H and O–H groups in total. The minimum absolute atomic E-state index is 0.0739. The lowest BCUT2D eigenvalue weighted by Crippen LogP contribution is -2.50.